The molecule has 0 unspecified atom stereocenters. The summed E-state index contributed by atoms with van der Waals surface area (Å²) in [6.07, 6.45) is 0. The minimum Gasteiger partial charge on any atom is -0.318 e. The molecule has 2 aromatic rings. The second-order valence-electron chi connectivity index (χ2n) is 4.77. The fourth-order valence-electron chi connectivity index (χ4n) is 2.18. The van der Waals surface area contributed by atoms with Crippen molar-refractivity contribution in [3.05, 3.63) is 59.2 Å². The second-order valence-corrected chi connectivity index (χ2v) is 5.82. The third-order valence-corrected chi connectivity index (χ3v) is 4.24. The highest BCUT2D eigenvalue weighted by Crippen LogP contribution is 2.30. The van der Waals surface area contributed by atoms with Gasteiger partial charge in [-0.2, -0.15) is 0 Å². The minimum absolute atomic E-state index is 0.449. The molecule has 3 rings (SSSR count). The molecular formula is C16H13NO2S. The van der Waals surface area contributed by atoms with Crippen LogP contribution in [0, 0.1) is 6.92 Å². The normalized spacial score (nSPS) is 13.2. The SMILES string of the molecule is Cc1cccc(CSc2ccc3c(c2)NC(=O)C3=O)c1. The Balaban J connectivity index is 1.75. The highest BCUT2D eigenvalue weighted by atomic mass is 32.2. The number of hydrogen-bond acceptors (Lipinski definition) is 3. The van der Waals surface area contributed by atoms with Gasteiger partial charge in [0.1, 0.15) is 0 Å². The first-order chi connectivity index (χ1) is 9.63. The van der Waals surface area contributed by atoms with Crippen molar-refractivity contribution >= 4 is 29.1 Å². The quantitative estimate of drug-likeness (QED) is 0.693. The first kappa shape index (κ1) is 12.9. The molecule has 4 heteroatoms. The van der Waals surface area contributed by atoms with Crippen molar-refractivity contribution in [3.63, 3.8) is 0 Å². The number of Topliss-reactive ketones (excluding diaryl/α,β-unsaturated/α-hetero) is 1. The van der Waals surface area contributed by atoms with Gasteiger partial charge >= 0.3 is 0 Å². The molecule has 1 N–H and O–H groups in total. The number of amides is 1. The van der Waals surface area contributed by atoms with Crippen LogP contribution < -0.4 is 5.32 Å². The topological polar surface area (TPSA) is 46.2 Å². The van der Waals surface area contributed by atoms with Gasteiger partial charge in [0, 0.05) is 10.6 Å². The molecule has 0 radical (unpaired) electrons. The number of carbonyl (C=O) groups is 2. The number of fused-ring (bicyclic) bond motifs is 1. The van der Waals surface area contributed by atoms with Crippen LogP contribution in [-0.4, -0.2) is 11.7 Å². The molecule has 1 aliphatic heterocycles. The summed E-state index contributed by atoms with van der Waals surface area (Å²) in [5.74, 6) is -0.126. The summed E-state index contributed by atoms with van der Waals surface area (Å²) >= 11 is 1.69. The predicted octanol–water partition coefficient (Wildman–Crippen LogP) is 3.42. The number of thioether (sulfide) groups is 1. The molecule has 1 amide bonds. The molecule has 1 heterocycles. The summed E-state index contributed by atoms with van der Waals surface area (Å²) in [4.78, 5) is 23.8. The lowest BCUT2D eigenvalue weighted by Gasteiger charge is -2.05. The summed E-state index contributed by atoms with van der Waals surface area (Å²) in [5.41, 5.74) is 3.59. The number of aryl methyl sites for hydroxylation is 1. The Morgan fingerprint density at radius 1 is 1.10 bits per heavy atom. The average Bonchev–Trinajstić information content (AvgIpc) is 2.72. The molecular weight excluding hydrogens is 270 g/mol. The zero-order valence-corrected chi connectivity index (χ0v) is 11.8. The highest BCUT2D eigenvalue weighted by Gasteiger charge is 2.27. The molecule has 100 valence electrons. The maximum atomic E-state index is 11.5. The average molecular weight is 283 g/mol. The van der Waals surface area contributed by atoms with Crippen molar-refractivity contribution in [2.75, 3.05) is 5.32 Å². The van der Waals surface area contributed by atoms with Crippen molar-refractivity contribution in [2.45, 2.75) is 17.6 Å². The fourth-order valence-corrected chi connectivity index (χ4v) is 3.06. The molecule has 0 atom stereocenters. The van der Waals surface area contributed by atoms with Gasteiger partial charge in [0.15, 0.2) is 0 Å². The Morgan fingerprint density at radius 2 is 1.95 bits per heavy atom. The fraction of sp³-hybridized carbons (Fsp3) is 0.125. The Labute approximate surface area is 121 Å². The molecule has 0 aromatic heterocycles. The van der Waals surface area contributed by atoms with E-state index in [-0.39, 0.29) is 0 Å². The van der Waals surface area contributed by atoms with E-state index in [4.69, 9.17) is 0 Å². The lowest BCUT2D eigenvalue weighted by molar-refractivity contribution is -0.112. The van der Waals surface area contributed by atoms with Crippen molar-refractivity contribution in [3.8, 4) is 0 Å². The van der Waals surface area contributed by atoms with Crippen LogP contribution in [0.2, 0.25) is 0 Å². The number of nitrogens with one attached hydrogen (secondary N) is 1. The lowest BCUT2D eigenvalue weighted by Crippen LogP contribution is -2.12. The summed E-state index contributed by atoms with van der Waals surface area (Å²) in [5, 5.41) is 2.59. The molecule has 0 saturated carbocycles. The van der Waals surface area contributed by atoms with E-state index in [1.807, 2.05) is 18.2 Å². The first-order valence-electron chi connectivity index (χ1n) is 6.31. The van der Waals surface area contributed by atoms with Gasteiger partial charge in [-0.25, -0.2) is 0 Å². The van der Waals surface area contributed by atoms with E-state index >= 15 is 0 Å². The van der Waals surface area contributed by atoms with Gasteiger partial charge in [-0.05, 0) is 30.7 Å². The first-order valence-corrected chi connectivity index (χ1v) is 7.30. The largest absolute Gasteiger partial charge is 0.318 e. The van der Waals surface area contributed by atoms with Crippen LogP contribution in [0.25, 0.3) is 0 Å². The summed E-state index contributed by atoms with van der Waals surface area (Å²) in [6.45, 7) is 2.07. The van der Waals surface area contributed by atoms with E-state index in [9.17, 15) is 9.59 Å². The Morgan fingerprint density at radius 3 is 2.75 bits per heavy atom. The Hall–Kier alpha value is -2.07. The van der Waals surface area contributed by atoms with E-state index in [0.717, 1.165) is 10.6 Å². The third-order valence-electron chi connectivity index (χ3n) is 3.18. The number of benzene rings is 2. The minimum atomic E-state index is -0.541. The van der Waals surface area contributed by atoms with Crippen LogP contribution in [0.4, 0.5) is 5.69 Å². The zero-order chi connectivity index (χ0) is 14.1. The standard InChI is InChI=1S/C16H13NO2S/c1-10-3-2-4-11(7-10)9-20-12-5-6-13-14(8-12)17-16(19)15(13)18/h2-8H,9H2,1H3,(H,17,18,19). The molecule has 0 saturated heterocycles. The molecule has 20 heavy (non-hydrogen) atoms. The van der Waals surface area contributed by atoms with E-state index < -0.39 is 11.7 Å². The van der Waals surface area contributed by atoms with Gasteiger partial charge in [0.05, 0.1) is 11.3 Å². The van der Waals surface area contributed by atoms with Crippen LogP contribution in [0.5, 0.6) is 0 Å². The van der Waals surface area contributed by atoms with Gasteiger partial charge in [-0.3, -0.25) is 9.59 Å². The number of carbonyl (C=O) groups excluding carboxylic acids is 2. The number of anilines is 1. The lowest BCUT2D eigenvalue weighted by atomic mass is 10.1. The van der Waals surface area contributed by atoms with E-state index in [1.165, 1.54) is 11.1 Å². The summed E-state index contributed by atoms with van der Waals surface area (Å²) < 4.78 is 0. The maximum absolute atomic E-state index is 11.5. The molecule has 0 bridgehead atoms. The third kappa shape index (κ3) is 2.47. The Kier molecular flexibility index (Phi) is 3.32. The summed E-state index contributed by atoms with van der Waals surface area (Å²) in [6, 6.07) is 13.8. The molecule has 3 nitrogen and oxygen atoms in total. The van der Waals surface area contributed by atoms with Crippen LogP contribution in [-0.2, 0) is 10.5 Å². The number of hydrogen-bond donors (Lipinski definition) is 1. The zero-order valence-electron chi connectivity index (χ0n) is 11.0. The molecule has 2 aromatic carbocycles. The van der Waals surface area contributed by atoms with Crippen molar-refractivity contribution < 1.29 is 9.59 Å². The van der Waals surface area contributed by atoms with Gasteiger partial charge in [-0.15, -0.1) is 11.8 Å². The molecule has 0 aliphatic carbocycles. The van der Waals surface area contributed by atoms with Crippen LogP contribution in [0.1, 0.15) is 21.5 Å². The van der Waals surface area contributed by atoms with Gasteiger partial charge in [0.2, 0.25) is 0 Å². The highest BCUT2D eigenvalue weighted by molar-refractivity contribution is 7.98. The second kappa shape index (κ2) is 5.13. The monoisotopic (exact) mass is 283 g/mol. The van der Waals surface area contributed by atoms with Crippen LogP contribution in [0.15, 0.2) is 47.4 Å². The van der Waals surface area contributed by atoms with Crippen molar-refractivity contribution in [1.82, 2.24) is 0 Å². The van der Waals surface area contributed by atoms with E-state index in [1.54, 1.807) is 17.8 Å². The van der Waals surface area contributed by atoms with Gasteiger partial charge in [0.25, 0.3) is 11.7 Å². The smallest absolute Gasteiger partial charge is 0.296 e. The van der Waals surface area contributed by atoms with Gasteiger partial charge in [-0.1, -0.05) is 29.8 Å². The van der Waals surface area contributed by atoms with Crippen LogP contribution in [0.3, 0.4) is 0 Å². The van der Waals surface area contributed by atoms with E-state index in [2.05, 4.69) is 30.4 Å². The Bertz CT molecular complexity index is 709. The van der Waals surface area contributed by atoms with Crippen molar-refractivity contribution in [2.24, 2.45) is 0 Å². The molecule has 0 spiro atoms. The summed E-state index contributed by atoms with van der Waals surface area (Å²) in [7, 11) is 0. The number of ketones is 1. The molecule has 1 aliphatic rings. The van der Waals surface area contributed by atoms with Crippen molar-refractivity contribution in [1.29, 1.82) is 0 Å². The predicted molar refractivity (Wildman–Crippen MR) is 80.1 cm³/mol. The number of rotatable bonds is 3. The van der Waals surface area contributed by atoms with E-state index in [0.29, 0.717) is 11.3 Å². The maximum Gasteiger partial charge on any atom is 0.296 e. The van der Waals surface area contributed by atoms with Crippen LogP contribution >= 0.6 is 11.8 Å². The van der Waals surface area contributed by atoms with Gasteiger partial charge < -0.3 is 5.32 Å². The molecule has 0 fully saturated rings.